The van der Waals surface area contributed by atoms with Crippen LogP contribution in [0.25, 0.3) is 0 Å². The lowest BCUT2D eigenvalue weighted by Crippen LogP contribution is -2.53. The van der Waals surface area contributed by atoms with Crippen LogP contribution >= 0.6 is 0 Å². The summed E-state index contributed by atoms with van der Waals surface area (Å²) in [6.45, 7) is 8.90. The molecule has 3 aliphatic rings. The molecule has 5 atom stereocenters. The van der Waals surface area contributed by atoms with E-state index >= 15 is 0 Å². The molecule has 0 radical (unpaired) electrons. The highest BCUT2D eigenvalue weighted by Gasteiger charge is 2.62. The molecule has 1 aromatic rings. The molecule has 0 unspecified atom stereocenters. The van der Waals surface area contributed by atoms with Gasteiger partial charge in [-0.05, 0) is 106 Å². The predicted octanol–water partition coefficient (Wildman–Crippen LogP) is 4.81. The molecule has 29 heavy (non-hydrogen) atoms. The van der Waals surface area contributed by atoms with Crippen LogP contribution < -0.4 is 4.74 Å². The van der Waals surface area contributed by atoms with Crippen molar-refractivity contribution in [3.05, 3.63) is 29.3 Å². The van der Waals surface area contributed by atoms with Gasteiger partial charge >= 0.3 is 0 Å². The van der Waals surface area contributed by atoms with E-state index in [1.807, 2.05) is 20.8 Å². The van der Waals surface area contributed by atoms with E-state index in [0.29, 0.717) is 37.6 Å². The van der Waals surface area contributed by atoms with E-state index in [1.54, 1.807) is 0 Å². The molecular formula is C25H38O4. The van der Waals surface area contributed by atoms with Gasteiger partial charge in [0.1, 0.15) is 5.75 Å². The number of fused-ring (bicyclic) bond motifs is 5. The summed E-state index contributed by atoms with van der Waals surface area (Å²) in [6, 6.07) is 6.57. The molecule has 0 saturated heterocycles. The second-order valence-corrected chi connectivity index (χ2v) is 10.5. The highest BCUT2D eigenvalue weighted by Crippen LogP contribution is 2.65. The number of aryl methyl sites for hydroxylation is 1. The first-order valence-electron chi connectivity index (χ1n) is 11.4. The van der Waals surface area contributed by atoms with Gasteiger partial charge in [0.25, 0.3) is 0 Å². The third-order valence-corrected chi connectivity index (χ3v) is 8.26. The Hall–Kier alpha value is -1.10. The second kappa shape index (κ2) is 7.55. The summed E-state index contributed by atoms with van der Waals surface area (Å²) in [7, 11) is 0. The van der Waals surface area contributed by atoms with Crippen LogP contribution in [-0.2, 0) is 11.2 Å². The Kier molecular flexibility index (Phi) is 5.50. The zero-order valence-corrected chi connectivity index (χ0v) is 18.5. The molecule has 0 aliphatic heterocycles. The molecule has 162 valence electrons. The van der Waals surface area contributed by atoms with E-state index in [0.717, 1.165) is 37.9 Å². The first-order chi connectivity index (χ1) is 13.7. The normalized spacial score (nSPS) is 36.3. The summed E-state index contributed by atoms with van der Waals surface area (Å²) in [4.78, 5) is 0. The van der Waals surface area contributed by atoms with Crippen LogP contribution in [0.1, 0.15) is 83.3 Å². The lowest BCUT2D eigenvalue weighted by atomic mass is 9.52. The highest BCUT2D eigenvalue weighted by molar-refractivity contribution is 5.41. The molecule has 0 amide bonds. The molecule has 0 heterocycles. The van der Waals surface area contributed by atoms with Crippen molar-refractivity contribution in [1.82, 2.24) is 0 Å². The molecule has 1 aromatic carbocycles. The minimum Gasteiger partial charge on any atom is -0.468 e. The topological polar surface area (TPSA) is 58.9 Å². The fraction of sp³-hybridized carbons (Fsp3) is 0.760. The molecule has 0 spiro atoms. The number of rotatable bonds is 6. The van der Waals surface area contributed by atoms with Gasteiger partial charge in [0, 0.05) is 13.0 Å². The number of benzene rings is 1. The van der Waals surface area contributed by atoms with Crippen molar-refractivity contribution in [3.8, 4) is 5.75 Å². The largest absolute Gasteiger partial charge is 0.468 e. The average molecular weight is 403 g/mol. The van der Waals surface area contributed by atoms with Gasteiger partial charge < -0.3 is 19.7 Å². The van der Waals surface area contributed by atoms with Gasteiger partial charge in [-0.25, -0.2) is 0 Å². The Morgan fingerprint density at radius 1 is 1.17 bits per heavy atom. The Bertz CT molecular complexity index is 739. The maximum atomic E-state index is 11.6. The van der Waals surface area contributed by atoms with Gasteiger partial charge in [-0.1, -0.05) is 13.0 Å². The second-order valence-electron chi connectivity index (χ2n) is 10.5. The van der Waals surface area contributed by atoms with Crippen molar-refractivity contribution in [1.29, 1.82) is 0 Å². The van der Waals surface area contributed by atoms with Crippen molar-refractivity contribution < 1.29 is 19.7 Å². The fourth-order valence-electron chi connectivity index (χ4n) is 6.96. The summed E-state index contributed by atoms with van der Waals surface area (Å²) >= 11 is 0. The van der Waals surface area contributed by atoms with E-state index < -0.39 is 11.2 Å². The summed E-state index contributed by atoms with van der Waals surface area (Å²) in [5, 5.41) is 22.1. The van der Waals surface area contributed by atoms with Gasteiger partial charge in [-0.3, -0.25) is 0 Å². The van der Waals surface area contributed by atoms with Gasteiger partial charge in [0.2, 0.25) is 0 Å². The Balaban J connectivity index is 1.54. The van der Waals surface area contributed by atoms with E-state index in [1.165, 1.54) is 17.5 Å². The van der Waals surface area contributed by atoms with E-state index in [9.17, 15) is 10.2 Å². The molecule has 2 N–H and O–H groups in total. The van der Waals surface area contributed by atoms with Crippen LogP contribution in [-0.4, -0.2) is 34.8 Å². The molecule has 0 aromatic heterocycles. The van der Waals surface area contributed by atoms with Crippen LogP contribution in [0.3, 0.4) is 0 Å². The third-order valence-electron chi connectivity index (χ3n) is 8.26. The molecule has 3 aliphatic carbocycles. The lowest BCUT2D eigenvalue weighted by molar-refractivity contribution is -0.137. The van der Waals surface area contributed by atoms with Gasteiger partial charge in [-0.15, -0.1) is 0 Å². The first kappa shape index (κ1) is 21.1. The van der Waals surface area contributed by atoms with Crippen molar-refractivity contribution in [2.24, 2.45) is 17.3 Å². The van der Waals surface area contributed by atoms with Gasteiger partial charge in [-0.2, -0.15) is 0 Å². The SMILES string of the molecule is CCOCOc1ccc2c(c1)CC[C@@H]1[C@@H]2CC[C@@]2(C)[C@H]1CC[C@@]2(O)CC(C)(C)O. The van der Waals surface area contributed by atoms with Crippen LogP contribution in [0, 0.1) is 17.3 Å². The van der Waals surface area contributed by atoms with Crippen LogP contribution in [0.15, 0.2) is 18.2 Å². The number of hydrogen-bond donors (Lipinski definition) is 2. The molecule has 0 bridgehead atoms. The average Bonchev–Trinajstić information content (AvgIpc) is 2.91. The summed E-state index contributed by atoms with van der Waals surface area (Å²) in [5.41, 5.74) is 1.24. The Labute approximate surface area is 175 Å². The monoisotopic (exact) mass is 402 g/mol. The lowest BCUT2D eigenvalue weighted by Gasteiger charge is -2.54. The van der Waals surface area contributed by atoms with Crippen LogP contribution in [0.2, 0.25) is 0 Å². The molecule has 4 nitrogen and oxygen atoms in total. The van der Waals surface area contributed by atoms with Gasteiger partial charge in [0.15, 0.2) is 6.79 Å². The fourth-order valence-corrected chi connectivity index (χ4v) is 6.96. The van der Waals surface area contributed by atoms with E-state index in [4.69, 9.17) is 9.47 Å². The Morgan fingerprint density at radius 3 is 2.69 bits per heavy atom. The third kappa shape index (κ3) is 3.73. The van der Waals surface area contributed by atoms with Crippen molar-refractivity contribution in [2.45, 2.75) is 89.8 Å². The molecule has 4 heteroatoms. The standard InChI is InChI=1S/C25H38O4/c1-5-28-16-29-18-7-9-19-17(14-18)6-8-21-20(19)10-12-24(4)22(21)11-13-25(24,27)15-23(2,3)26/h7,9,14,20-22,26-27H,5-6,8,10-13,15-16H2,1-4H3/t20-,21-,22+,24+,25-/m1/s1. The highest BCUT2D eigenvalue weighted by atomic mass is 16.7. The quantitative estimate of drug-likeness (QED) is 0.530. The first-order valence-corrected chi connectivity index (χ1v) is 11.4. The minimum absolute atomic E-state index is 0.0911. The summed E-state index contributed by atoms with van der Waals surface area (Å²) in [5.74, 6) is 2.65. The molecule has 2 fully saturated rings. The van der Waals surface area contributed by atoms with Crippen LogP contribution in [0.5, 0.6) is 5.75 Å². The maximum Gasteiger partial charge on any atom is 0.189 e. The molecule has 2 saturated carbocycles. The van der Waals surface area contributed by atoms with E-state index in [2.05, 4.69) is 25.1 Å². The number of aliphatic hydroxyl groups is 2. The molecule has 4 rings (SSSR count). The zero-order chi connectivity index (χ0) is 20.9. The number of ether oxygens (including phenoxy) is 2. The smallest absolute Gasteiger partial charge is 0.189 e. The zero-order valence-electron chi connectivity index (χ0n) is 18.5. The number of hydrogen-bond acceptors (Lipinski definition) is 4. The Morgan fingerprint density at radius 2 is 1.97 bits per heavy atom. The predicted molar refractivity (Wildman–Crippen MR) is 114 cm³/mol. The maximum absolute atomic E-state index is 11.6. The van der Waals surface area contributed by atoms with Crippen molar-refractivity contribution >= 4 is 0 Å². The van der Waals surface area contributed by atoms with Crippen molar-refractivity contribution in [3.63, 3.8) is 0 Å². The van der Waals surface area contributed by atoms with Gasteiger partial charge in [0.05, 0.1) is 11.2 Å². The molecular weight excluding hydrogens is 364 g/mol. The van der Waals surface area contributed by atoms with Crippen LogP contribution in [0.4, 0.5) is 0 Å². The van der Waals surface area contributed by atoms with E-state index in [-0.39, 0.29) is 5.41 Å². The minimum atomic E-state index is -0.833. The van der Waals surface area contributed by atoms with Crippen molar-refractivity contribution in [2.75, 3.05) is 13.4 Å². The summed E-state index contributed by atoms with van der Waals surface area (Å²) in [6.07, 6.45) is 6.80. The summed E-state index contributed by atoms with van der Waals surface area (Å²) < 4.78 is 11.0.